The monoisotopic (exact) mass is 438 g/mol. The molecule has 160 valence electrons. The number of nitrogens with one attached hydrogen (secondary N) is 1. The van der Waals surface area contributed by atoms with Crippen molar-refractivity contribution in [3.05, 3.63) is 82.4 Å². The zero-order valence-corrected chi connectivity index (χ0v) is 17.6. The summed E-state index contributed by atoms with van der Waals surface area (Å²) >= 11 is 5.96. The summed E-state index contributed by atoms with van der Waals surface area (Å²) in [6, 6.07) is 12.4. The van der Waals surface area contributed by atoms with Gasteiger partial charge in [0.25, 0.3) is 5.91 Å². The second-order valence-electron chi connectivity index (χ2n) is 7.53. The molecule has 1 unspecified atom stereocenters. The first kappa shape index (κ1) is 21.1. The summed E-state index contributed by atoms with van der Waals surface area (Å²) in [7, 11) is 0. The Bertz CT molecular complexity index is 1080. The van der Waals surface area contributed by atoms with Gasteiger partial charge < -0.3 is 20.4 Å². The number of hydrogen-bond donors (Lipinski definition) is 3. The summed E-state index contributed by atoms with van der Waals surface area (Å²) in [5.74, 6) is -0.828. The lowest BCUT2D eigenvalue weighted by molar-refractivity contribution is 0.0732. The number of phenolic OH excluding ortho intramolecular Hbond substituents is 2. The van der Waals surface area contributed by atoms with E-state index in [0.717, 1.165) is 35.7 Å². The molecular formula is C23H23ClN4O3. The predicted molar refractivity (Wildman–Crippen MR) is 117 cm³/mol. The molecule has 1 aliphatic heterocycles. The number of rotatable bonds is 6. The highest BCUT2D eigenvalue weighted by Crippen LogP contribution is 2.37. The van der Waals surface area contributed by atoms with E-state index in [0.29, 0.717) is 19.6 Å². The second kappa shape index (κ2) is 9.32. The Morgan fingerprint density at radius 3 is 2.84 bits per heavy atom. The maximum Gasteiger partial charge on any atom is 0.258 e. The van der Waals surface area contributed by atoms with Crippen molar-refractivity contribution in [2.45, 2.75) is 32.0 Å². The topological polar surface area (TPSA) is 98.6 Å². The Kier molecular flexibility index (Phi) is 6.34. The smallest absolute Gasteiger partial charge is 0.258 e. The average Bonchev–Trinajstić information content (AvgIpc) is 3.27. The third-order valence-corrected chi connectivity index (χ3v) is 5.73. The van der Waals surface area contributed by atoms with Crippen LogP contribution in [0.1, 0.15) is 46.1 Å². The van der Waals surface area contributed by atoms with Gasteiger partial charge in [-0.05, 0) is 36.1 Å². The minimum absolute atomic E-state index is 0.0358. The summed E-state index contributed by atoms with van der Waals surface area (Å²) in [4.78, 5) is 23.0. The average molecular weight is 439 g/mol. The maximum absolute atomic E-state index is 13.1. The van der Waals surface area contributed by atoms with Crippen LogP contribution in [0, 0.1) is 0 Å². The minimum Gasteiger partial charge on any atom is -0.507 e. The molecular weight excluding hydrogens is 416 g/mol. The van der Waals surface area contributed by atoms with Gasteiger partial charge in [-0.3, -0.25) is 4.79 Å². The highest BCUT2D eigenvalue weighted by Gasteiger charge is 2.32. The first-order chi connectivity index (χ1) is 15.0. The van der Waals surface area contributed by atoms with E-state index in [-0.39, 0.29) is 34.0 Å². The first-order valence-corrected chi connectivity index (χ1v) is 10.5. The third kappa shape index (κ3) is 4.78. The van der Waals surface area contributed by atoms with Crippen LogP contribution in [0.5, 0.6) is 11.5 Å². The lowest BCUT2D eigenvalue weighted by Crippen LogP contribution is -2.30. The highest BCUT2D eigenvalue weighted by molar-refractivity contribution is 6.32. The zero-order valence-electron chi connectivity index (χ0n) is 16.8. The van der Waals surface area contributed by atoms with Crippen LogP contribution in [-0.2, 0) is 13.1 Å². The molecule has 2 heterocycles. The number of phenols is 2. The Morgan fingerprint density at radius 2 is 2.03 bits per heavy atom. The minimum atomic E-state index is -0.297. The SMILES string of the molecule is O=C(c1cc(Cl)c(O)cc1O)N1CCCC1c1cccc(CNCc2ccncn2)c1. The van der Waals surface area contributed by atoms with E-state index < -0.39 is 0 Å². The van der Waals surface area contributed by atoms with Crippen LogP contribution in [0.3, 0.4) is 0 Å². The van der Waals surface area contributed by atoms with Crippen LogP contribution in [0.15, 0.2) is 55.0 Å². The number of likely N-dealkylation sites (tertiary alicyclic amines) is 1. The Balaban J connectivity index is 1.48. The van der Waals surface area contributed by atoms with Gasteiger partial charge in [-0.15, -0.1) is 0 Å². The molecule has 0 aliphatic carbocycles. The van der Waals surface area contributed by atoms with E-state index in [1.165, 1.54) is 12.4 Å². The van der Waals surface area contributed by atoms with Gasteiger partial charge in [0.05, 0.1) is 22.3 Å². The van der Waals surface area contributed by atoms with E-state index in [4.69, 9.17) is 11.6 Å². The van der Waals surface area contributed by atoms with E-state index in [2.05, 4.69) is 21.4 Å². The van der Waals surface area contributed by atoms with Crippen LogP contribution in [-0.4, -0.2) is 37.5 Å². The first-order valence-electron chi connectivity index (χ1n) is 10.1. The van der Waals surface area contributed by atoms with Crippen molar-refractivity contribution in [2.24, 2.45) is 0 Å². The molecule has 7 nitrogen and oxygen atoms in total. The molecule has 3 N–H and O–H groups in total. The molecule has 1 aromatic heterocycles. The number of aromatic nitrogens is 2. The summed E-state index contributed by atoms with van der Waals surface area (Å²) in [6.45, 7) is 1.91. The fraction of sp³-hybridized carbons (Fsp3) is 0.261. The largest absolute Gasteiger partial charge is 0.507 e. The van der Waals surface area contributed by atoms with Crippen molar-refractivity contribution < 1.29 is 15.0 Å². The van der Waals surface area contributed by atoms with Crippen molar-refractivity contribution in [1.82, 2.24) is 20.2 Å². The summed E-state index contributed by atoms with van der Waals surface area (Å²) < 4.78 is 0. The maximum atomic E-state index is 13.1. The molecule has 1 amide bonds. The van der Waals surface area contributed by atoms with Crippen LogP contribution < -0.4 is 5.32 Å². The fourth-order valence-electron chi connectivity index (χ4n) is 3.90. The van der Waals surface area contributed by atoms with Gasteiger partial charge in [0, 0.05) is 31.9 Å². The molecule has 31 heavy (non-hydrogen) atoms. The molecule has 8 heteroatoms. The Hall–Kier alpha value is -3.16. The fourth-order valence-corrected chi connectivity index (χ4v) is 4.06. The highest BCUT2D eigenvalue weighted by atomic mass is 35.5. The number of nitrogens with zero attached hydrogens (tertiary/aromatic N) is 3. The van der Waals surface area contributed by atoms with Gasteiger partial charge in [-0.1, -0.05) is 35.9 Å². The number of hydrogen-bond acceptors (Lipinski definition) is 6. The molecule has 0 saturated carbocycles. The molecule has 0 bridgehead atoms. The van der Waals surface area contributed by atoms with Gasteiger partial charge in [0.2, 0.25) is 0 Å². The number of carbonyl (C=O) groups excluding carboxylic acids is 1. The van der Waals surface area contributed by atoms with Crippen LogP contribution in [0.2, 0.25) is 5.02 Å². The quantitative estimate of drug-likeness (QED) is 0.541. The molecule has 2 aromatic carbocycles. The summed E-state index contributed by atoms with van der Waals surface area (Å²) in [5, 5.41) is 23.2. The van der Waals surface area contributed by atoms with Gasteiger partial charge >= 0.3 is 0 Å². The van der Waals surface area contributed by atoms with Crippen LogP contribution in [0.4, 0.5) is 0 Å². The summed E-state index contributed by atoms with van der Waals surface area (Å²) in [5.41, 5.74) is 3.18. The Labute approximate surface area is 185 Å². The van der Waals surface area contributed by atoms with E-state index >= 15 is 0 Å². The van der Waals surface area contributed by atoms with Gasteiger partial charge in [-0.25, -0.2) is 9.97 Å². The Morgan fingerprint density at radius 1 is 1.16 bits per heavy atom. The molecule has 0 spiro atoms. The molecule has 1 saturated heterocycles. The van der Waals surface area contributed by atoms with Crippen molar-refractivity contribution in [1.29, 1.82) is 0 Å². The number of carbonyl (C=O) groups is 1. The predicted octanol–water partition coefficient (Wildman–Crippen LogP) is 3.81. The van der Waals surface area contributed by atoms with Crippen molar-refractivity contribution in [3.8, 4) is 11.5 Å². The van der Waals surface area contributed by atoms with E-state index in [9.17, 15) is 15.0 Å². The lowest BCUT2D eigenvalue weighted by Gasteiger charge is -2.26. The summed E-state index contributed by atoms with van der Waals surface area (Å²) in [6.07, 6.45) is 4.97. The number of benzene rings is 2. The molecule has 1 atom stereocenters. The molecule has 1 aliphatic rings. The van der Waals surface area contributed by atoms with Crippen molar-refractivity contribution >= 4 is 17.5 Å². The van der Waals surface area contributed by atoms with Crippen molar-refractivity contribution in [3.63, 3.8) is 0 Å². The molecule has 1 fully saturated rings. The van der Waals surface area contributed by atoms with Gasteiger partial charge in [0.1, 0.15) is 17.8 Å². The van der Waals surface area contributed by atoms with Gasteiger partial charge in [-0.2, -0.15) is 0 Å². The van der Waals surface area contributed by atoms with Crippen LogP contribution >= 0.6 is 11.6 Å². The normalized spacial score (nSPS) is 15.9. The van der Waals surface area contributed by atoms with E-state index in [1.54, 1.807) is 11.1 Å². The zero-order chi connectivity index (χ0) is 21.8. The second-order valence-corrected chi connectivity index (χ2v) is 7.93. The van der Waals surface area contributed by atoms with Gasteiger partial charge in [0.15, 0.2) is 0 Å². The number of aromatic hydroxyl groups is 2. The standard InChI is InChI=1S/C23H23ClN4O3/c24-19-10-18(21(29)11-22(19)30)23(31)28-8-2-5-20(28)16-4-1-3-15(9-16)12-26-13-17-6-7-25-14-27-17/h1,3-4,6-7,9-11,14,20,26,29-30H,2,5,8,12-13H2. The number of halogens is 1. The van der Waals surface area contributed by atoms with Crippen LogP contribution in [0.25, 0.3) is 0 Å². The molecule has 4 rings (SSSR count). The molecule has 0 radical (unpaired) electrons. The number of amides is 1. The third-order valence-electron chi connectivity index (χ3n) is 5.42. The van der Waals surface area contributed by atoms with E-state index in [1.807, 2.05) is 24.3 Å². The molecule has 3 aromatic rings. The van der Waals surface area contributed by atoms with Crippen molar-refractivity contribution in [2.75, 3.05) is 6.54 Å². The lowest BCUT2D eigenvalue weighted by atomic mass is 10.0.